The maximum Gasteiger partial charge on any atom is 0.254 e. The van der Waals surface area contributed by atoms with Gasteiger partial charge in [0.05, 0.1) is 0 Å². The third kappa shape index (κ3) is 4.48. The van der Waals surface area contributed by atoms with Crippen LogP contribution in [0.4, 0.5) is 17.5 Å². The van der Waals surface area contributed by atoms with Gasteiger partial charge in [-0.2, -0.15) is 0 Å². The molecule has 33 heavy (non-hydrogen) atoms. The Labute approximate surface area is 193 Å². The quantitative estimate of drug-likeness (QED) is 0.511. The van der Waals surface area contributed by atoms with Gasteiger partial charge in [0.2, 0.25) is 0 Å². The van der Waals surface area contributed by atoms with E-state index >= 15 is 0 Å². The molecular weight excluding hydrogens is 412 g/mol. The van der Waals surface area contributed by atoms with E-state index in [0.29, 0.717) is 24.7 Å². The van der Waals surface area contributed by atoms with Crippen LogP contribution in [0.3, 0.4) is 0 Å². The van der Waals surface area contributed by atoms with E-state index in [1.54, 1.807) is 6.20 Å². The van der Waals surface area contributed by atoms with Crippen molar-refractivity contribution in [3.63, 3.8) is 0 Å². The number of aromatic nitrogens is 3. The molecule has 0 unspecified atom stereocenters. The number of nitrogens with zero attached hydrogens (tertiary/aromatic N) is 5. The summed E-state index contributed by atoms with van der Waals surface area (Å²) in [5, 5.41) is 5.36. The molecule has 0 atom stereocenters. The van der Waals surface area contributed by atoms with Crippen LogP contribution in [-0.4, -0.2) is 51.9 Å². The highest BCUT2D eigenvalue weighted by Gasteiger charge is 2.24. The van der Waals surface area contributed by atoms with Gasteiger partial charge in [0.15, 0.2) is 0 Å². The van der Waals surface area contributed by atoms with Gasteiger partial charge in [-0.3, -0.25) is 4.79 Å². The van der Waals surface area contributed by atoms with Crippen LogP contribution in [0.2, 0.25) is 0 Å². The summed E-state index contributed by atoms with van der Waals surface area (Å²) in [6.07, 6.45) is 1.78. The number of anilines is 3. The zero-order valence-corrected chi connectivity index (χ0v) is 18.8. The fourth-order valence-electron chi connectivity index (χ4n) is 4.23. The molecule has 1 saturated heterocycles. The van der Waals surface area contributed by atoms with Crippen molar-refractivity contribution in [1.29, 1.82) is 0 Å². The fourth-order valence-corrected chi connectivity index (χ4v) is 4.23. The van der Waals surface area contributed by atoms with Gasteiger partial charge in [0.25, 0.3) is 5.91 Å². The minimum absolute atomic E-state index is 0.0817. The highest BCUT2D eigenvalue weighted by atomic mass is 16.2. The first-order valence-corrected chi connectivity index (χ1v) is 11.1. The van der Waals surface area contributed by atoms with Gasteiger partial charge in [0.1, 0.15) is 23.3 Å². The average molecular weight is 439 g/mol. The number of benzene rings is 2. The van der Waals surface area contributed by atoms with Crippen LogP contribution in [0.25, 0.3) is 10.8 Å². The zero-order valence-electron chi connectivity index (χ0n) is 18.8. The number of nitrogens with one attached hydrogen (secondary N) is 1. The lowest BCUT2D eigenvalue weighted by Crippen LogP contribution is -2.49. The molecule has 0 saturated carbocycles. The predicted octanol–water partition coefficient (Wildman–Crippen LogP) is 4.35. The number of carbonyl (C=O) groups excluding carboxylic acids is 1. The summed E-state index contributed by atoms with van der Waals surface area (Å²) in [6.45, 7) is 6.64. The van der Waals surface area contributed by atoms with Gasteiger partial charge in [-0.15, -0.1) is 0 Å². The largest absolute Gasteiger partial charge is 0.353 e. The van der Waals surface area contributed by atoms with Gasteiger partial charge in [-0.05, 0) is 48.4 Å². The van der Waals surface area contributed by atoms with Crippen molar-refractivity contribution in [2.24, 2.45) is 0 Å². The molecule has 4 aromatic rings. The SMILES string of the molecule is Cc1ccnc(Nc2cc(N3CCN(C(=O)c4cccc5ccccc45)CC3)nc(C)n2)c1. The van der Waals surface area contributed by atoms with Crippen LogP contribution in [-0.2, 0) is 0 Å². The molecule has 1 aliphatic rings. The lowest BCUT2D eigenvalue weighted by atomic mass is 10.0. The highest BCUT2D eigenvalue weighted by Crippen LogP contribution is 2.23. The van der Waals surface area contributed by atoms with E-state index in [2.05, 4.69) is 25.2 Å². The molecule has 2 aromatic carbocycles. The van der Waals surface area contributed by atoms with E-state index in [9.17, 15) is 4.79 Å². The molecule has 1 fully saturated rings. The molecule has 7 nitrogen and oxygen atoms in total. The van der Waals surface area contributed by atoms with E-state index in [0.717, 1.165) is 46.6 Å². The van der Waals surface area contributed by atoms with Gasteiger partial charge in [0, 0.05) is 44.0 Å². The number of carbonyl (C=O) groups is 1. The summed E-state index contributed by atoms with van der Waals surface area (Å²) < 4.78 is 0. The van der Waals surface area contributed by atoms with Crippen molar-refractivity contribution in [1.82, 2.24) is 19.9 Å². The number of piperazine rings is 1. The Kier molecular flexibility index (Phi) is 5.60. The summed E-state index contributed by atoms with van der Waals surface area (Å²) in [5.74, 6) is 3.10. The van der Waals surface area contributed by atoms with E-state index in [1.807, 2.05) is 79.4 Å². The monoisotopic (exact) mass is 438 g/mol. The van der Waals surface area contributed by atoms with E-state index in [4.69, 9.17) is 0 Å². The summed E-state index contributed by atoms with van der Waals surface area (Å²) in [7, 11) is 0. The van der Waals surface area contributed by atoms with Gasteiger partial charge in [-0.25, -0.2) is 15.0 Å². The molecule has 0 radical (unpaired) electrons. The maximum absolute atomic E-state index is 13.3. The molecule has 0 aliphatic carbocycles. The molecule has 0 bridgehead atoms. The Balaban J connectivity index is 1.30. The van der Waals surface area contributed by atoms with Crippen molar-refractivity contribution in [3.05, 3.63) is 83.8 Å². The number of pyridine rings is 1. The van der Waals surface area contributed by atoms with Gasteiger partial charge < -0.3 is 15.1 Å². The topological polar surface area (TPSA) is 74.2 Å². The molecule has 5 rings (SSSR count). The normalized spacial score (nSPS) is 13.9. The second kappa shape index (κ2) is 8.86. The summed E-state index contributed by atoms with van der Waals surface area (Å²) in [6, 6.07) is 19.8. The van der Waals surface area contributed by atoms with Crippen molar-refractivity contribution in [2.75, 3.05) is 36.4 Å². The Morgan fingerprint density at radius 1 is 0.879 bits per heavy atom. The van der Waals surface area contributed by atoms with E-state index in [1.165, 1.54) is 0 Å². The van der Waals surface area contributed by atoms with Crippen LogP contribution < -0.4 is 10.2 Å². The van der Waals surface area contributed by atoms with E-state index in [-0.39, 0.29) is 5.91 Å². The van der Waals surface area contributed by atoms with Crippen LogP contribution in [0.5, 0.6) is 0 Å². The lowest BCUT2D eigenvalue weighted by Gasteiger charge is -2.35. The Hall–Kier alpha value is -4.00. The number of rotatable bonds is 4. The second-order valence-electron chi connectivity index (χ2n) is 8.31. The van der Waals surface area contributed by atoms with Gasteiger partial charge in [-0.1, -0.05) is 36.4 Å². The van der Waals surface area contributed by atoms with Crippen molar-refractivity contribution < 1.29 is 4.79 Å². The third-order valence-corrected chi connectivity index (χ3v) is 5.91. The first-order valence-electron chi connectivity index (χ1n) is 11.1. The Morgan fingerprint density at radius 3 is 2.48 bits per heavy atom. The van der Waals surface area contributed by atoms with Crippen LogP contribution >= 0.6 is 0 Å². The van der Waals surface area contributed by atoms with Crippen LogP contribution in [0.15, 0.2) is 66.9 Å². The van der Waals surface area contributed by atoms with Crippen molar-refractivity contribution in [3.8, 4) is 0 Å². The molecule has 7 heteroatoms. The number of hydrogen-bond acceptors (Lipinski definition) is 6. The Bertz CT molecular complexity index is 1310. The molecular formula is C26H26N6O. The summed E-state index contributed by atoms with van der Waals surface area (Å²) in [4.78, 5) is 30.9. The molecule has 2 aromatic heterocycles. The lowest BCUT2D eigenvalue weighted by molar-refractivity contribution is 0.0748. The van der Waals surface area contributed by atoms with Crippen molar-refractivity contribution >= 4 is 34.1 Å². The Morgan fingerprint density at radius 2 is 1.67 bits per heavy atom. The highest BCUT2D eigenvalue weighted by molar-refractivity contribution is 6.07. The summed E-state index contributed by atoms with van der Waals surface area (Å²) in [5.41, 5.74) is 1.89. The number of aryl methyl sites for hydroxylation is 2. The zero-order chi connectivity index (χ0) is 22.8. The second-order valence-corrected chi connectivity index (χ2v) is 8.31. The first kappa shape index (κ1) is 20.9. The third-order valence-electron chi connectivity index (χ3n) is 5.91. The molecule has 1 N–H and O–H groups in total. The van der Waals surface area contributed by atoms with Crippen LogP contribution in [0, 0.1) is 13.8 Å². The maximum atomic E-state index is 13.3. The molecule has 3 heterocycles. The summed E-state index contributed by atoms with van der Waals surface area (Å²) >= 11 is 0. The predicted molar refractivity (Wildman–Crippen MR) is 131 cm³/mol. The number of amides is 1. The van der Waals surface area contributed by atoms with Crippen LogP contribution in [0.1, 0.15) is 21.7 Å². The van der Waals surface area contributed by atoms with Crippen molar-refractivity contribution in [2.45, 2.75) is 13.8 Å². The smallest absolute Gasteiger partial charge is 0.254 e. The number of hydrogen-bond donors (Lipinski definition) is 1. The fraction of sp³-hybridized carbons (Fsp3) is 0.231. The van der Waals surface area contributed by atoms with E-state index < -0.39 is 0 Å². The minimum Gasteiger partial charge on any atom is -0.353 e. The molecule has 0 spiro atoms. The standard InChI is InChI=1S/C26H26N6O/c1-18-10-11-27-23(16-18)30-24-17-25(29-19(2)28-24)31-12-14-32(15-13-31)26(33)22-9-5-7-20-6-3-4-8-21(20)22/h3-11,16-17H,12-15H2,1-2H3,(H,27,28,29,30). The van der Waals surface area contributed by atoms with Gasteiger partial charge >= 0.3 is 0 Å². The minimum atomic E-state index is 0.0817. The molecule has 1 aliphatic heterocycles. The number of fused-ring (bicyclic) bond motifs is 1. The average Bonchev–Trinajstić information content (AvgIpc) is 2.83. The first-order chi connectivity index (χ1) is 16.1. The molecule has 1 amide bonds. The molecule has 166 valence electrons.